The van der Waals surface area contributed by atoms with Crippen molar-refractivity contribution in [1.29, 1.82) is 0 Å². The number of phenols is 1. The Balaban J connectivity index is 1.86. The molecule has 2 aromatic heterocycles. The standard InChI is InChI=1S/C22H16N2O5/c1-24-14(7-8-23-24)13-9-19(27)28-18-11-16(26)21-15(25)10-17(29-22(21)20(13)18)12-5-3-2-4-6-12/h2-8,10-11,13,26H,9H2,1H3/t13-/m0/s1. The van der Waals surface area contributed by atoms with E-state index in [0.29, 0.717) is 11.3 Å². The molecule has 4 aromatic rings. The zero-order valence-corrected chi connectivity index (χ0v) is 15.5. The summed E-state index contributed by atoms with van der Waals surface area (Å²) >= 11 is 0. The van der Waals surface area contributed by atoms with Crippen LogP contribution in [-0.4, -0.2) is 20.9 Å². The van der Waals surface area contributed by atoms with Crippen molar-refractivity contribution in [2.75, 3.05) is 0 Å². The summed E-state index contributed by atoms with van der Waals surface area (Å²) in [5.41, 5.74) is 1.91. The molecule has 0 amide bonds. The van der Waals surface area contributed by atoms with Crippen molar-refractivity contribution in [2.24, 2.45) is 7.05 Å². The molecule has 1 aliphatic rings. The number of aryl methyl sites for hydroxylation is 1. The number of carbonyl (C=O) groups is 1. The first-order valence-electron chi connectivity index (χ1n) is 9.10. The summed E-state index contributed by atoms with van der Waals surface area (Å²) in [6.45, 7) is 0. The Labute approximate surface area is 164 Å². The summed E-state index contributed by atoms with van der Waals surface area (Å²) in [6, 6.07) is 13.7. The number of nitrogens with zero attached hydrogens (tertiary/aromatic N) is 2. The van der Waals surface area contributed by atoms with Gasteiger partial charge in [0.25, 0.3) is 0 Å². The van der Waals surface area contributed by atoms with E-state index in [4.69, 9.17) is 9.15 Å². The first kappa shape index (κ1) is 17.2. The van der Waals surface area contributed by atoms with Gasteiger partial charge in [0.05, 0.1) is 6.42 Å². The highest BCUT2D eigenvalue weighted by Gasteiger charge is 2.34. The minimum absolute atomic E-state index is 0.0635. The van der Waals surface area contributed by atoms with Crippen molar-refractivity contribution in [3.05, 3.63) is 76.2 Å². The molecule has 1 N–H and O–H groups in total. The van der Waals surface area contributed by atoms with Crippen LogP contribution >= 0.6 is 0 Å². The van der Waals surface area contributed by atoms with Crippen LogP contribution in [0.2, 0.25) is 0 Å². The monoisotopic (exact) mass is 388 g/mol. The number of carbonyl (C=O) groups excluding carboxylic acids is 1. The second-order valence-electron chi connectivity index (χ2n) is 6.96. The highest BCUT2D eigenvalue weighted by Crippen LogP contribution is 2.45. The maximum atomic E-state index is 12.9. The molecule has 1 aliphatic heterocycles. The number of phenolic OH excluding ortho intramolecular Hbond substituents is 1. The van der Waals surface area contributed by atoms with Gasteiger partial charge in [0, 0.05) is 48.1 Å². The Morgan fingerprint density at radius 3 is 2.66 bits per heavy atom. The Bertz CT molecular complexity index is 1320. The molecule has 0 fully saturated rings. The van der Waals surface area contributed by atoms with Crippen molar-refractivity contribution in [1.82, 2.24) is 9.78 Å². The molecule has 0 bridgehead atoms. The van der Waals surface area contributed by atoms with E-state index in [1.54, 1.807) is 17.9 Å². The van der Waals surface area contributed by atoms with Gasteiger partial charge in [-0.2, -0.15) is 5.10 Å². The average molecular weight is 388 g/mol. The molecular formula is C22H16N2O5. The molecule has 0 aliphatic carbocycles. The highest BCUT2D eigenvalue weighted by atomic mass is 16.5. The van der Waals surface area contributed by atoms with E-state index in [9.17, 15) is 14.7 Å². The van der Waals surface area contributed by atoms with Gasteiger partial charge in [0.2, 0.25) is 0 Å². The summed E-state index contributed by atoms with van der Waals surface area (Å²) in [5, 5.41) is 14.7. The van der Waals surface area contributed by atoms with Gasteiger partial charge in [-0.1, -0.05) is 30.3 Å². The van der Waals surface area contributed by atoms with E-state index in [0.717, 1.165) is 11.3 Å². The number of hydrogen-bond donors (Lipinski definition) is 1. The number of esters is 1. The summed E-state index contributed by atoms with van der Waals surface area (Å²) in [4.78, 5) is 25.1. The molecule has 2 aromatic carbocycles. The molecule has 29 heavy (non-hydrogen) atoms. The number of rotatable bonds is 2. The van der Waals surface area contributed by atoms with Crippen LogP contribution in [0.1, 0.15) is 23.6 Å². The van der Waals surface area contributed by atoms with Crippen LogP contribution in [0.25, 0.3) is 22.3 Å². The Morgan fingerprint density at radius 2 is 1.93 bits per heavy atom. The third-order valence-corrected chi connectivity index (χ3v) is 5.20. The first-order chi connectivity index (χ1) is 14.0. The van der Waals surface area contributed by atoms with Gasteiger partial charge in [0.1, 0.15) is 28.2 Å². The molecule has 7 heteroatoms. The largest absolute Gasteiger partial charge is 0.507 e. The molecular weight excluding hydrogens is 372 g/mol. The lowest BCUT2D eigenvalue weighted by atomic mass is 9.88. The van der Waals surface area contributed by atoms with Crippen molar-refractivity contribution in [3.8, 4) is 22.8 Å². The van der Waals surface area contributed by atoms with Crippen LogP contribution in [0, 0.1) is 0 Å². The lowest BCUT2D eigenvalue weighted by Crippen LogP contribution is -2.23. The second kappa shape index (κ2) is 6.34. The van der Waals surface area contributed by atoms with Crippen LogP contribution in [0.15, 0.2) is 63.9 Å². The lowest BCUT2D eigenvalue weighted by molar-refractivity contribution is -0.135. The number of aromatic hydroxyl groups is 1. The minimum atomic E-state index is -0.427. The number of benzene rings is 2. The van der Waals surface area contributed by atoms with E-state index in [-0.39, 0.29) is 34.3 Å². The van der Waals surface area contributed by atoms with Crippen molar-refractivity contribution < 1.29 is 19.1 Å². The van der Waals surface area contributed by atoms with Crippen LogP contribution in [-0.2, 0) is 11.8 Å². The topological polar surface area (TPSA) is 94.6 Å². The fraction of sp³-hybridized carbons (Fsp3) is 0.136. The quantitative estimate of drug-likeness (QED) is 0.418. The lowest BCUT2D eigenvalue weighted by Gasteiger charge is -2.25. The third kappa shape index (κ3) is 2.70. The molecule has 0 saturated carbocycles. The van der Waals surface area contributed by atoms with E-state index < -0.39 is 11.9 Å². The van der Waals surface area contributed by atoms with Crippen molar-refractivity contribution >= 4 is 16.9 Å². The summed E-state index contributed by atoms with van der Waals surface area (Å²) in [6.07, 6.45) is 1.72. The van der Waals surface area contributed by atoms with Gasteiger partial charge in [-0.25, -0.2) is 0 Å². The fourth-order valence-electron chi connectivity index (χ4n) is 3.88. The van der Waals surface area contributed by atoms with Crippen LogP contribution in [0.4, 0.5) is 0 Å². The molecule has 5 rings (SSSR count). The number of aromatic nitrogens is 2. The maximum absolute atomic E-state index is 12.9. The molecule has 0 unspecified atom stereocenters. The van der Waals surface area contributed by atoms with Gasteiger partial charge in [-0.15, -0.1) is 0 Å². The number of fused-ring (bicyclic) bond motifs is 3. The van der Waals surface area contributed by atoms with Gasteiger partial charge in [0.15, 0.2) is 5.43 Å². The summed E-state index contributed by atoms with van der Waals surface area (Å²) in [7, 11) is 1.78. The predicted octanol–water partition coefficient (Wildman–Crippen LogP) is 3.34. The molecule has 0 saturated heterocycles. The molecule has 3 heterocycles. The van der Waals surface area contributed by atoms with E-state index >= 15 is 0 Å². The fourth-order valence-corrected chi connectivity index (χ4v) is 3.88. The van der Waals surface area contributed by atoms with Gasteiger partial charge in [-0.05, 0) is 6.07 Å². The highest BCUT2D eigenvalue weighted by molar-refractivity contribution is 5.93. The number of ether oxygens (including phenoxy) is 1. The molecule has 7 nitrogen and oxygen atoms in total. The SMILES string of the molecule is Cn1nccc1[C@@H]1CC(=O)Oc2cc(O)c3c(=O)cc(-c4ccccc4)oc3c21. The molecule has 0 spiro atoms. The Morgan fingerprint density at radius 1 is 1.14 bits per heavy atom. The summed E-state index contributed by atoms with van der Waals surface area (Å²) in [5.74, 6) is -0.576. The first-order valence-corrected chi connectivity index (χ1v) is 9.10. The predicted molar refractivity (Wildman–Crippen MR) is 105 cm³/mol. The third-order valence-electron chi connectivity index (χ3n) is 5.20. The zero-order valence-electron chi connectivity index (χ0n) is 15.5. The van der Waals surface area contributed by atoms with E-state index in [1.165, 1.54) is 12.1 Å². The smallest absolute Gasteiger partial charge is 0.312 e. The number of hydrogen-bond acceptors (Lipinski definition) is 6. The average Bonchev–Trinajstić information content (AvgIpc) is 3.13. The van der Waals surface area contributed by atoms with Crippen molar-refractivity contribution in [3.63, 3.8) is 0 Å². The minimum Gasteiger partial charge on any atom is -0.507 e. The molecule has 144 valence electrons. The van der Waals surface area contributed by atoms with E-state index in [2.05, 4.69) is 5.10 Å². The van der Waals surface area contributed by atoms with Crippen molar-refractivity contribution in [2.45, 2.75) is 12.3 Å². The molecule has 1 atom stereocenters. The Hall–Kier alpha value is -3.87. The van der Waals surface area contributed by atoms with Gasteiger partial charge >= 0.3 is 5.97 Å². The zero-order chi connectivity index (χ0) is 20.1. The Kier molecular flexibility index (Phi) is 3.77. The molecule has 0 radical (unpaired) electrons. The van der Waals surface area contributed by atoms with Crippen LogP contribution in [0.3, 0.4) is 0 Å². The van der Waals surface area contributed by atoms with Gasteiger partial charge < -0.3 is 14.3 Å². The summed E-state index contributed by atoms with van der Waals surface area (Å²) < 4.78 is 13.2. The van der Waals surface area contributed by atoms with E-state index in [1.807, 2.05) is 36.4 Å². The van der Waals surface area contributed by atoms with Crippen LogP contribution in [0.5, 0.6) is 11.5 Å². The van der Waals surface area contributed by atoms with Gasteiger partial charge in [-0.3, -0.25) is 14.3 Å². The second-order valence-corrected chi connectivity index (χ2v) is 6.96. The maximum Gasteiger partial charge on any atom is 0.312 e. The normalized spacial score (nSPS) is 15.9. The van der Waals surface area contributed by atoms with Crippen LogP contribution < -0.4 is 10.2 Å².